The van der Waals surface area contributed by atoms with E-state index in [1.54, 1.807) is 0 Å². The second-order valence-corrected chi connectivity index (χ2v) is 5.17. The van der Waals surface area contributed by atoms with Crippen molar-refractivity contribution in [3.63, 3.8) is 0 Å². The summed E-state index contributed by atoms with van der Waals surface area (Å²) < 4.78 is 0. The van der Waals surface area contributed by atoms with Crippen molar-refractivity contribution in [1.82, 2.24) is 0 Å². The number of rotatable bonds is 2. The lowest BCUT2D eigenvalue weighted by atomic mass is 9.95. The molecule has 20 heavy (non-hydrogen) atoms. The largest absolute Gasteiger partial charge is 0.0732 e. The molecular weight excluding hydrogens is 240 g/mol. The molecule has 0 bridgehead atoms. The summed E-state index contributed by atoms with van der Waals surface area (Å²) in [6.45, 7) is 2.12. The minimum atomic E-state index is 0.372. The van der Waals surface area contributed by atoms with Crippen molar-refractivity contribution >= 4 is 0 Å². The molecule has 0 radical (unpaired) electrons. The van der Waals surface area contributed by atoms with Crippen molar-refractivity contribution in [2.24, 2.45) is 0 Å². The van der Waals surface area contributed by atoms with Crippen LogP contribution in [0.15, 0.2) is 85.0 Å². The van der Waals surface area contributed by atoms with Crippen molar-refractivity contribution in [2.75, 3.05) is 0 Å². The van der Waals surface area contributed by atoms with Crippen molar-refractivity contribution < 1.29 is 0 Å². The lowest BCUT2D eigenvalue weighted by Crippen LogP contribution is -1.90. The summed E-state index contributed by atoms with van der Waals surface area (Å²) in [6.07, 6.45) is 12.8. The Morgan fingerprint density at radius 2 is 1.10 bits per heavy atom. The molecule has 2 aromatic rings. The van der Waals surface area contributed by atoms with Crippen LogP contribution in [0.4, 0.5) is 0 Å². The molecule has 0 amide bonds. The van der Waals surface area contributed by atoms with Gasteiger partial charge < -0.3 is 0 Å². The normalized spacial score (nSPS) is 14.4. The molecule has 0 atom stereocenters. The van der Waals surface area contributed by atoms with E-state index in [-0.39, 0.29) is 0 Å². The van der Waals surface area contributed by atoms with Crippen LogP contribution in [0.5, 0.6) is 0 Å². The highest BCUT2D eigenvalue weighted by Gasteiger charge is 2.05. The topological polar surface area (TPSA) is 0 Å². The second kappa shape index (κ2) is 5.75. The molecule has 0 fully saturated rings. The van der Waals surface area contributed by atoms with Gasteiger partial charge in [-0.1, -0.05) is 90.6 Å². The van der Waals surface area contributed by atoms with E-state index in [4.69, 9.17) is 0 Å². The van der Waals surface area contributed by atoms with Crippen molar-refractivity contribution in [2.45, 2.75) is 12.8 Å². The minimum Gasteiger partial charge on any atom is -0.0732 e. The predicted molar refractivity (Wildman–Crippen MR) is 86.8 cm³/mol. The Labute approximate surface area is 120 Å². The Bertz CT molecular complexity index is 636. The zero-order valence-electron chi connectivity index (χ0n) is 11.7. The van der Waals surface area contributed by atoms with Gasteiger partial charge in [-0.05, 0) is 23.6 Å². The number of hydrogen-bond acceptors (Lipinski definition) is 0. The van der Waals surface area contributed by atoms with Gasteiger partial charge in [-0.15, -0.1) is 0 Å². The molecule has 0 saturated heterocycles. The molecule has 0 saturated carbocycles. The fourth-order valence-corrected chi connectivity index (χ4v) is 2.43. The highest BCUT2D eigenvalue weighted by molar-refractivity contribution is 5.64. The van der Waals surface area contributed by atoms with Gasteiger partial charge >= 0.3 is 0 Å². The third-order valence-corrected chi connectivity index (χ3v) is 3.65. The van der Waals surface area contributed by atoms with Crippen LogP contribution in [0.3, 0.4) is 0 Å². The molecule has 98 valence electrons. The first-order valence-corrected chi connectivity index (χ1v) is 7.01. The van der Waals surface area contributed by atoms with Gasteiger partial charge in [-0.3, -0.25) is 0 Å². The van der Waals surface area contributed by atoms with Gasteiger partial charge in [-0.2, -0.15) is 0 Å². The van der Waals surface area contributed by atoms with Gasteiger partial charge in [0.15, 0.2) is 0 Å². The predicted octanol–water partition coefficient (Wildman–Crippen LogP) is 5.43. The summed E-state index contributed by atoms with van der Waals surface area (Å²) in [7, 11) is 0. The summed E-state index contributed by atoms with van der Waals surface area (Å²) in [5.41, 5.74) is 5.17. The Morgan fingerprint density at radius 3 is 1.65 bits per heavy atom. The monoisotopic (exact) mass is 258 g/mol. The summed E-state index contributed by atoms with van der Waals surface area (Å²) in [6, 6.07) is 17.5. The van der Waals surface area contributed by atoms with E-state index >= 15 is 0 Å². The van der Waals surface area contributed by atoms with Crippen molar-refractivity contribution in [3.05, 3.63) is 96.1 Å². The average molecular weight is 258 g/mol. The van der Waals surface area contributed by atoms with Gasteiger partial charge in [0.05, 0.1) is 0 Å². The zero-order chi connectivity index (χ0) is 13.8. The van der Waals surface area contributed by atoms with Crippen molar-refractivity contribution in [1.29, 1.82) is 0 Å². The first-order valence-electron chi connectivity index (χ1n) is 7.01. The van der Waals surface area contributed by atoms with Gasteiger partial charge in [0, 0.05) is 5.92 Å². The summed E-state index contributed by atoms with van der Waals surface area (Å²) in [5.74, 6) is 0.372. The Hall–Kier alpha value is -2.34. The maximum absolute atomic E-state index is 2.22. The van der Waals surface area contributed by atoms with Gasteiger partial charge in [0.2, 0.25) is 0 Å². The molecule has 0 nitrogen and oxygen atoms in total. The van der Waals surface area contributed by atoms with Crippen LogP contribution in [0.2, 0.25) is 0 Å². The summed E-state index contributed by atoms with van der Waals surface area (Å²) >= 11 is 0. The Balaban J connectivity index is 1.86. The van der Waals surface area contributed by atoms with E-state index in [0.717, 1.165) is 0 Å². The van der Waals surface area contributed by atoms with Crippen LogP contribution in [-0.4, -0.2) is 0 Å². The number of hydrogen-bond donors (Lipinski definition) is 0. The molecule has 0 aliphatic heterocycles. The van der Waals surface area contributed by atoms with E-state index in [9.17, 15) is 0 Å². The van der Waals surface area contributed by atoms with Gasteiger partial charge in [-0.25, -0.2) is 0 Å². The minimum absolute atomic E-state index is 0.372. The fourth-order valence-electron chi connectivity index (χ4n) is 2.43. The molecule has 0 heteroatoms. The number of benzene rings is 2. The van der Waals surface area contributed by atoms with E-state index in [2.05, 4.69) is 91.9 Å². The molecular formula is C20H18. The van der Waals surface area contributed by atoms with E-state index < -0.39 is 0 Å². The SMILES string of the molecule is Cc1ccc(-c2ccc(C3C=CC=CC=C3)cc2)cc1. The smallest absolute Gasteiger partial charge is 0.0204 e. The third kappa shape index (κ3) is 2.80. The number of aryl methyl sites for hydroxylation is 1. The molecule has 1 aliphatic rings. The maximum atomic E-state index is 2.22. The van der Waals surface area contributed by atoms with Crippen molar-refractivity contribution in [3.8, 4) is 11.1 Å². The Morgan fingerprint density at radius 1 is 0.600 bits per heavy atom. The zero-order valence-corrected chi connectivity index (χ0v) is 11.7. The number of allylic oxidation sites excluding steroid dienone is 6. The van der Waals surface area contributed by atoms with E-state index in [1.807, 2.05) is 0 Å². The fraction of sp³-hybridized carbons (Fsp3) is 0.100. The van der Waals surface area contributed by atoms with Crippen LogP contribution in [-0.2, 0) is 0 Å². The third-order valence-electron chi connectivity index (χ3n) is 3.65. The van der Waals surface area contributed by atoms with E-state index in [0.29, 0.717) is 5.92 Å². The van der Waals surface area contributed by atoms with Crippen LogP contribution < -0.4 is 0 Å². The molecule has 0 aromatic heterocycles. The van der Waals surface area contributed by atoms with E-state index in [1.165, 1.54) is 22.3 Å². The Kier molecular flexibility index (Phi) is 3.64. The lowest BCUT2D eigenvalue weighted by molar-refractivity contribution is 1.09. The van der Waals surface area contributed by atoms with Gasteiger partial charge in [0.1, 0.15) is 0 Å². The molecule has 0 heterocycles. The maximum Gasteiger partial charge on any atom is 0.0204 e. The summed E-state index contributed by atoms with van der Waals surface area (Å²) in [4.78, 5) is 0. The van der Waals surface area contributed by atoms with Crippen LogP contribution in [0.1, 0.15) is 17.0 Å². The van der Waals surface area contributed by atoms with Crippen LogP contribution in [0.25, 0.3) is 11.1 Å². The molecule has 0 unspecified atom stereocenters. The molecule has 0 N–H and O–H groups in total. The highest BCUT2D eigenvalue weighted by Crippen LogP contribution is 2.25. The second-order valence-electron chi connectivity index (χ2n) is 5.17. The first-order chi connectivity index (χ1) is 9.83. The van der Waals surface area contributed by atoms with Crippen LogP contribution >= 0.6 is 0 Å². The molecule has 3 rings (SSSR count). The summed E-state index contributed by atoms with van der Waals surface area (Å²) in [5, 5.41) is 0. The lowest BCUT2D eigenvalue weighted by Gasteiger charge is -2.09. The first kappa shape index (κ1) is 12.7. The van der Waals surface area contributed by atoms with Crippen LogP contribution in [0, 0.1) is 6.92 Å². The standard InChI is InChI=1S/C20H18/c1-16-8-10-18(11-9-16)20-14-12-19(13-15-20)17-6-4-2-3-5-7-17/h2-15,17H,1H3. The quantitative estimate of drug-likeness (QED) is 0.674. The average Bonchev–Trinajstić information content (AvgIpc) is 2.77. The van der Waals surface area contributed by atoms with Gasteiger partial charge in [0.25, 0.3) is 0 Å². The molecule has 1 aliphatic carbocycles. The molecule has 2 aromatic carbocycles. The highest BCUT2D eigenvalue weighted by atomic mass is 14.1. The molecule has 0 spiro atoms.